The van der Waals surface area contributed by atoms with E-state index in [0.717, 1.165) is 26.3 Å². The molecule has 1 saturated heterocycles. The summed E-state index contributed by atoms with van der Waals surface area (Å²) < 4.78 is 5.42. The molecule has 0 N–H and O–H groups in total. The number of halogens is 1. The molecule has 1 aliphatic carbocycles. The SMILES string of the molecule is C[S+](C)C1=C(N2CCOCC2)CCCC1.[Cl-]. The van der Waals surface area contributed by atoms with Crippen molar-refractivity contribution >= 4 is 10.9 Å². The first-order valence-corrected chi connectivity index (χ1v) is 7.95. The predicted molar refractivity (Wildman–Crippen MR) is 67.1 cm³/mol. The summed E-state index contributed by atoms with van der Waals surface area (Å²) in [5.74, 6) is 0. The summed E-state index contributed by atoms with van der Waals surface area (Å²) in [6.45, 7) is 4.04. The Kier molecular flexibility index (Phi) is 6.01. The molecule has 0 unspecified atom stereocenters. The number of hydrogen-bond donors (Lipinski definition) is 0. The van der Waals surface area contributed by atoms with Crippen LogP contribution < -0.4 is 12.4 Å². The van der Waals surface area contributed by atoms with Crippen molar-refractivity contribution in [3.63, 3.8) is 0 Å². The van der Waals surface area contributed by atoms with Crippen LogP contribution in [0.3, 0.4) is 0 Å². The summed E-state index contributed by atoms with van der Waals surface area (Å²) in [6.07, 6.45) is 10.1. The topological polar surface area (TPSA) is 12.5 Å². The van der Waals surface area contributed by atoms with E-state index in [4.69, 9.17) is 4.74 Å². The molecular weight excluding hydrogens is 242 g/mol. The molecule has 0 saturated carbocycles. The molecule has 2 nitrogen and oxygen atoms in total. The van der Waals surface area contributed by atoms with Crippen LogP contribution in [0.1, 0.15) is 25.7 Å². The zero-order chi connectivity index (χ0) is 10.7. The second-order valence-corrected chi connectivity index (χ2v) is 6.62. The molecule has 1 fully saturated rings. The van der Waals surface area contributed by atoms with Crippen LogP contribution in [-0.2, 0) is 15.6 Å². The molecule has 0 bridgehead atoms. The van der Waals surface area contributed by atoms with Crippen LogP contribution >= 0.6 is 0 Å². The highest BCUT2D eigenvalue weighted by Gasteiger charge is 2.27. The van der Waals surface area contributed by atoms with Crippen LogP contribution in [0.2, 0.25) is 0 Å². The predicted octanol–water partition coefficient (Wildman–Crippen LogP) is -1.01. The van der Waals surface area contributed by atoms with E-state index in [9.17, 15) is 0 Å². The zero-order valence-corrected chi connectivity index (χ0v) is 11.9. The molecule has 4 heteroatoms. The quantitative estimate of drug-likeness (QED) is 0.592. The van der Waals surface area contributed by atoms with E-state index in [2.05, 4.69) is 17.4 Å². The van der Waals surface area contributed by atoms with Crippen molar-refractivity contribution in [2.24, 2.45) is 0 Å². The lowest BCUT2D eigenvalue weighted by atomic mass is 10.0. The molecule has 0 amide bonds. The largest absolute Gasteiger partial charge is 1.00 e. The van der Waals surface area contributed by atoms with E-state index in [1.54, 1.807) is 10.6 Å². The van der Waals surface area contributed by atoms with Crippen LogP contribution in [0.4, 0.5) is 0 Å². The number of hydrogen-bond acceptors (Lipinski definition) is 2. The maximum Gasteiger partial charge on any atom is 0.150 e. The molecule has 0 aromatic rings. The van der Waals surface area contributed by atoms with Gasteiger partial charge in [-0.15, -0.1) is 0 Å². The molecule has 0 aromatic carbocycles. The first-order valence-electron chi connectivity index (χ1n) is 5.91. The minimum atomic E-state index is 0. The molecule has 0 atom stereocenters. The smallest absolute Gasteiger partial charge is 0.150 e. The second-order valence-electron chi connectivity index (χ2n) is 4.49. The van der Waals surface area contributed by atoms with Crippen LogP contribution in [-0.4, -0.2) is 43.7 Å². The molecule has 94 valence electrons. The normalized spacial score (nSPS) is 22.3. The zero-order valence-electron chi connectivity index (χ0n) is 10.3. The van der Waals surface area contributed by atoms with E-state index in [1.807, 2.05) is 0 Å². The number of nitrogens with zero attached hydrogens (tertiary/aromatic N) is 1. The van der Waals surface area contributed by atoms with Gasteiger partial charge in [0.15, 0.2) is 0 Å². The fourth-order valence-electron chi connectivity index (χ4n) is 2.47. The Bertz CT molecular complexity index is 249. The lowest BCUT2D eigenvalue weighted by Gasteiger charge is -2.33. The first-order chi connectivity index (χ1) is 7.29. The van der Waals surface area contributed by atoms with Crippen molar-refractivity contribution in [3.05, 3.63) is 10.6 Å². The number of morpholine rings is 1. The van der Waals surface area contributed by atoms with Gasteiger partial charge in [0, 0.05) is 30.4 Å². The Morgan fingerprint density at radius 1 is 1.06 bits per heavy atom. The van der Waals surface area contributed by atoms with Crippen molar-refractivity contribution < 1.29 is 17.1 Å². The monoisotopic (exact) mass is 263 g/mol. The van der Waals surface area contributed by atoms with Crippen molar-refractivity contribution in [1.29, 1.82) is 0 Å². The molecule has 0 spiro atoms. The molecular formula is C12H22ClNOS. The van der Waals surface area contributed by atoms with Gasteiger partial charge in [-0.2, -0.15) is 0 Å². The standard InChI is InChI=1S/C12H22NOS.ClH/c1-15(2)12-6-4-3-5-11(12)13-7-9-14-10-8-13;/h3-10H2,1-2H3;1H/q+1;/p-1. The third-order valence-corrected chi connectivity index (χ3v) is 4.70. The van der Waals surface area contributed by atoms with Crippen molar-refractivity contribution in [1.82, 2.24) is 4.90 Å². The average Bonchev–Trinajstić information content (AvgIpc) is 2.30. The fourth-order valence-corrected chi connectivity index (χ4v) is 3.72. The van der Waals surface area contributed by atoms with Crippen LogP contribution in [0.5, 0.6) is 0 Å². The molecule has 2 rings (SSSR count). The highest BCUT2D eigenvalue weighted by atomic mass is 35.5. The van der Waals surface area contributed by atoms with E-state index in [0.29, 0.717) is 10.9 Å². The molecule has 0 radical (unpaired) electrons. The molecule has 1 heterocycles. The van der Waals surface area contributed by atoms with Gasteiger partial charge in [0.25, 0.3) is 0 Å². The van der Waals surface area contributed by atoms with E-state index in [-0.39, 0.29) is 12.4 Å². The average molecular weight is 264 g/mol. The second kappa shape index (κ2) is 6.77. The summed E-state index contributed by atoms with van der Waals surface area (Å²) in [7, 11) is 0.463. The Morgan fingerprint density at radius 3 is 2.31 bits per heavy atom. The third-order valence-electron chi connectivity index (χ3n) is 3.27. The minimum absolute atomic E-state index is 0. The van der Waals surface area contributed by atoms with Gasteiger partial charge < -0.3 is 22.0 Å². The van der Waals surface area contributed by atoms with Gasteiger partial charge in [0.05, 0.1) is 18.9 Å². The number of ether oxygens (including phenoxy) is 1. The van der Waals surface area contributed by atoms with Gasteiger partial charge in [0.1, 0.15) is 17.4 Å². The first kappa shape index (κ1) is 14.2. The highest BCUT2D eigenvalue weighted by Crippen LogP contribution is 2.30. The van der Waals surface area contributed by atoms with Gasteiger partial charge >= 0.3 is 0 Å². The molecule has 2 aliphatic rings. The van der Waals surface area contributed by atoms with Gasteiger partial charge in [0.2, 0.25) is 0 Å². The van der Waals surface area contributed by atoms with E-state index >= 15 is 0 Å². The van der Waals surface area contributed by atoms with Crippen LogP contribution in [0.25, 0.3) is 0 Å². The molecule has 1 aliphatic heterocycles. The van der Waals surface area contributed by atoms with Gasteiger partial charge in [-0.3, -0.25) is 0 Å². The fraction of sp³-hybridized carbons (Fsp3) is 0.833. The van der Waals surface area contributed by atoms with E-state index < -0.39 is 0 Å². The van der Waals surface area contributed by atoms with Gasteiger partial charge in [-0.25, -0.2) is 0 Å². The summed E-state index contributed by atoms with van der Waals surface area (Å²) in [6, 6.07) is 0. The van der Waals surface area contributed by atoms with Crippen molar-refractivity contribution in [2.75, 3.05) is 38.8 Å². The Morgan fingerprint density at radius 2 is 1.69 bits per heavy atom. The highest BCUT2D eigenvalue weighted by molar-refractivity contribution is 7.99. The number of rotatable bonds is 2. The Labute approximate surface area is 108 Å². The minimum Gasteiger partial charge on any atom is -1.00 e. The molecule has 0 aromatic heterocycles. The maximum absolute atomic E-state index is 5.42. The lowest BCUT2D eigenvalue weighted by molar-refractivity contribution is -0.00000422. The maximum atomic E-state index is 5.42. The van der Waals surface area contributed by atoms with Crippen LogP contribution in [0.15, 0.2) is 10.6 Å². The van der Waals surface area contributed by atoms with Crippen molar-refractivity contribution in [2.45, 2.75) is 25.7 Å². The summed E-state index contributed by atoms with van der Waals surface area (Å²) >= 11 is 0. The van der Waals surface area contributed by atoms with Crippen LogP contribution in [0, 0.1) is 0 Å². The Hall–Kier alpha value is 0.140. The van der Waals surface area contributed by atoms with Gasteiger partial charge in [-0.05, 0) is 19.3 Å². The summed E-state index contributed by atoms with van der Waals surface area (Å²) in [4.78, 5) is 4.31. The van der Waals surface area contributed by atoms with Gasteiger partial charge in [-0.1, -0.05) is 0 Å². The molecule has 16 heavy (non-hydrogen) atoms. The third kappa shape index (κ3) is 3.31. The van der Waals surface area contributed by atoms with Crippen molar-refractivity contribution in [3.8, 4) is 0 Å². The summed E-state index contributed by atoms with van der Waals surface area (Å²) in [5.41, 5.74) is 1.66. The Balaban J connectivity index is 0.00000128. The summed E-state index contributed by atoms with van der Waals surface area (Å²) in [5, 5.41) is 0. The van der Waals surface area contributed by atoms with E-state index in [1.165, 1.54) is 25.7 Å². The lowest BCUT2D eigenvalue weighted by Crippen LogP contribution is -3.00. The number of allylic oxidation sites excluding steroid dienone is 2.